The highest BCUT2D eigenvalue weighted by atomic mass is 19.1. The van der Waals surface area contributed by atoms with Gasteiger partial charge in [-0.25, -0.2) is 9.18 Å². The molecule has 0 spiro atoms. The Morgan fingerprint density at radius 2 is 2.42 bits per heavy atom. The van der Waals surface area contributed by atoms with Crippen molar-refractivity contribution >= 4 is 5.97 Å². The third-order valence-electron chi connectivity index (χ3n) is 2.95. The van der Waals surface area contributed by atoms with Crippen LogP contribution in [0.3, 0.4) is 0 Å². The average Bonchev–Trinajstić information content (AvgIpc) is 2.37. The Kier molecular flexibility index (Phi) is 4.34. The first-order valence-electron chi connectivity index (χ1n) is 6.02. The number of nitrogens with zero attached hydrogens (tertiary/aromatic N) is 1. The zero-order valence-corrected chi connectivity index (χ0v) is 10.6. The van der Waals surface area contributed by atoms with Crippen molar-refractivity contribution in [2.24, 2.45) is 0 Å². The van der Waals surface area contributed by atoms with E-state index < -0.39 is 11.8 Å². The molecule has 1 unspecified atom stereocenters. The van der Waals surface area contributed by atoms with E-state index in [1.54, 1.807) is 0 Å². The number of ether oxygens (including phenoxy) is 2. The Morgan fingerprint density at radius 1 is 1.63 bits per heavy atom. The van der Waals surface area contributed by atoms with Gasteiger partial charge in [0, 0.05) is 13.1 Å². The average molecular weight is 269 g/mol. The highest BCUT2D eigenvalue weighted by Crippen LogP contribution is 2.23. The van der Waals surface area contributed by atoms with Crippen LogP contribution in [0.4, 0.5) is 4.39 Å². The first-order valence-corrected chi connectivity index (χ1v) is 6.02. The second-order valence-electron chi connectivity index (χ2n) is 4.49. The van der Waals surface area contributed by atoms with Crippen LogP contribution in [0.2, 0.25) is 0 Å². The van der Waals surface area contributed by atoms with Gasteiger partial charge in [0.2, 0.25) is 0 Å². The van der Waals surface area contributed by atoms with Crippen LogP contribution < -0.4 is 4.74 Å². The lowest BCUT2D eigenvalue weighted by Gasteiger charge is -2.29. The Hall–Kier alpha value is -1.66. The number of carboxylic acids is 1. The van der Waals surface area contributed by atoms with E-state index in [0.29, 0.717) is 13.2 Å². The molecule has 104 valence electrons. The summed E-state index contributed by atoms with van der Waals surface area (Å²) in [5, 5.41) is 8.98. The molecular formula is C13H16FNO4. The zero-order valence-electron chi connectivity index (χ0n) is 10.6. The Bertz CT molecular complexity index is 466. The van der Waals surface area contributed by atoms with E-state index >= 15 is 0 Å². The largest absolute Gasteiger partial charge is 0.487 e. The minimum absolute atomic E-state index is 0.131. The third-order valence-corrected chi connectivity index (χ3v) is 2.95. The number of carboxylic acid groups (broad SMARTS) is 1. The molecule has 1 N–H and O–H groups in total. The molecule has 1 saturated heterocycles. The van der Waals surface area contributed by atoms with Crippen LogP contribution in [-0.2, 0) is 4.74 Å². The number of benzene rings is 1. The van der Waals surface area contributed by atoms with Crippen molar-refractivity contribution in [1.82, 2.24) is 4.90 Å². The normalized spacial score (nSPS) is 20.2. The Balaban J connectivity index is 2.04. The van der Waals surface area contributed by atoms with Gasteiger partial charge >= 0.3 is 5.97 Å². The molecule has 1 heterocycles. The molecule has 1 aliphatic rings. The van der Waals surface area contributed by atoms with Crippen LogP contribution in [0.1, 0.15) is 10.4 Å². The van der Waals surface area contributed by atoms with E-state index in [9.17, 15) is 9.18 Å². The van der Waals surface area contributed by atoms with Crippen molar-refractivity contribution in [3.8, 4) is 5.75 Å². The van der Waals surface area contributed by atoms with Crippen molar-refractivity contribution in [2.75, 3.05) is 33.4 Å². The first-order chi connectivity index (χ1) is 9.08. The van der Waals surface area contributed by atoms with Crippen molar-refractivity contribution < 1.29 is 23.8 Å². The summed E-state index contributed by atoms with van der Waals surface area (Å²) < 4.78 is 24.4. The summed E-state index contributed by atoms with van der Waals surface area (Å²) in [5.74, 6) is -2.12. The number of hydrogen-bond donors (Lipinski definition) is 1. The molecule has 0 amide bonds. The number of para-hydroxylation sites is 1. The van der Waals surface area contributed by atoms with Crippen molar-refractivity contribution in [3.63, 3.8) is 0 Å². The molecule has 0 bridgehead atoms. The van der Waals surface area contributed by atoms with Gasteiger partial charge in [-0.15, -0.1) is 0 Å². The van der Waals surface area contributed by atoms with Gasteiger partial charge in [0.1, 0.15) is 18.3 Å². The van der Waals surface area contributed by atoms with Crippen LogP contribution in [0.25, 0.3) is 0 Å². The zero-order chi connectivity index (χ0) is 13.8. The molecule has 0 saturated carbocycles. The van der Waals surface area contributed by atoms with E-state index in [4.69, 9.17) is 14.6 Å². The molecule has 0 radical (unpaired) electrons. The van der Waals surface area contributed by atoms with E-state index in [-0.39, 0.29) is 24.0 Å². The molecule has 1 atom stereocenters. The maximum Gasteiger partial charge on any atom is 0.339 e. The summed E-state index contributed by atoms with van der Waals surface area (Å²) in [6, 6.07) is 3.83. The lowest BCUT2D eigenvalue weighted by atomic mass is 10.2. The van der Waals surface area contributed by atoms with E-state index in [0.717, 1.165) is 6.54 Å². The minimum atomic E-state index is -1.21. The first kappa shape index (κ1) is 13.8. The molecular weight excluding hydrogens is 253 g/mol. The predicted molar refractivity (Wildman–Crippen MR) is 66.1 cm³/mol. The van der Waals surface area contributed by atoms with Gasteiger partial charge in [0.25, 0.3) is 0 Å². The molecule has 6 heteroatoms. The summed E-state index contributed by atoms with van der Waals surface area (Å²) in [6.45, 7) is 2.24. The lowest BCUT2D eigenvalue weighted by Crippen LogP contribution is -2.42. The van der Waals surface area contributed by atoms with Crippen LogP contribution in [-0.4, -0.2) is 55.4 Å². The monoisotopic (exact) mass is 269 g/mol. The quantitative estimate of drug-likeness (QED) is 0.891. The summed E-state index contributed by atoms with van der Waals surface area (Å²) in [4.78, 5) is 13.1. The smallest absolute Gasteiger partial charge is 0.339 e. The van der Waals surface area contributed by atoms with Crippen molar-refractivity contribution in [2.45, 2.75) is 6.10 Å². The number of aromatic carboxylic acids is 1. The molecule has 1 fully saturated rings. The van der Waals surface area contributed by atoms with Gasteiger partial charge in [-0.1, -0.05) is 6.07 Å². The lowest BCUT2D eigenvalue weighted by molar-refractivity contribution is -0.0409. The number of hydrogen-bond acceptors (Lipinski definition) is 4. The fraction of sp³-hybridized carbons (Fsp3) is 0.462. The molecule has 2 rings (SSSR count). The molecule has 1 aromatic carbocycles. The standard InChI is InChI=1S/C13H16FNO4/c1-15-5-6-18-9(7-15)8-19-12-10(13(16)17)3-2-4-11(12)14/h2-4,9H,5-8H2,1H3,(H,16,17). The number of morpholine rings is 1. The summed E-state index contributed by atoms with van der Waals surface area (Å²) in [7, 11) is 1.96. The van der Waals surface area contributed by atoms with Crippen LogP contribution in [0, 0.1) is 5.82 Å². The highest BCUT2D eigenvalue weighted by Gasteiger charge is 2.21. The van der Waals surface area contributed by atoms with Gasteiger partial charge in [0.05, 0.1) is 6.61 Å². The second kappa shape index (κ2) is 5.99. The van der Waals surface area contributed by atoms with E-state index in [1.807, 2.05) is 7.05 Å². The molecule has 0 aromatic heterocycles. The number of halogens is 1. The number of rotatable bonds is 4. The van der Waals surface area contributed by atoms with Gasteiger partial charge in [-0.2, -0.15) is 0 Å². The molecule has 5 nitrogen and oxygen atoms in total. The fourth-order valence-electron chi connectivity index (χ4n) is 1.97. The summed E-state index contributed by atoms with van der Waals surface area (Å²) in [6.07, 6.45) is -0.181. The third kappa shape index (κ3) is 3.42. The summed E-state index contributed by atoms with van der Waals surface area (Å²) >= 11 is 0. The fourth-order valence-corrected chi connectivity index (χ4v) is 1.97. The maximum atomic E-state index is 13.6. The van der Waals surface area contributed by atoms with Gasteiger partial charge in [-0.05, 0) is 19.2 Å². The van der Waals surface area contributed by atoms with E-state index in [2.05, 4.69) is 4.90 Å². The SMILES string of the molecule is CN1CCOC(COc2c(F)cccc2C(=O)O)C1. The molecule has 1 aliphatic heterocycles. The maximum absolute atomic E-state index is 13.6. The number of carbonyl (C=O) groups is 1. The highest BCUT2D eigenvalue weighted by molar-refractivity contribution is 5.90. The Labute approximate surface area is 110 Å². The predicted octanol–water partition coefficient (Wildman–Crippen LogP) is 1.23. The Morgan fingerprint density at radius 3 is 3.11 bits per heavy atom. The van der Waals surface area contributed by atoms with Crippen LogP contribution >= 0.6 is 0 Å². The minimum Gasteiger partial charge on any atom is -0.487 e. The van der Waals surface area contributed by atoms with E-state index in [1.165, 1.54) is 18.2 Å². The summed E-state index contributed by atoms with van der Waals surface area (Å²) in [5.41, 5.74) is -0.177. The van der Waals surface area contributed by atoms with Crippen molar-refractivity contribution in [1.29, 1.82) is 0 Å². The topological polar surface area (TPSA) is 59.0 Å². The molecule has 1 aromatic rings. The second-order valence-corrected chi connectivity index (χ2v) is 4.49. The van der Waals surface area contributed by atoms with Crippen LogP contribution in [0.5, 0.6) is 5.75 Å². The van der Waals surface area contributed by atoms with Gasteiger partial charge < -0.3 is 19.5 Å². The molecule has 19 heavy (non-hydrogen) atoms. The van der Waals surface area contributed by atoms with Gasteiger partial charge in [0.15, 0.2) is 11.6 Å². The van der Waals surface area contributed by atoms with Gasteiger partial charge in [-0.3, -0.25) is 0 Å². The number of likely N-dealkylation sites (N-methyl/N-ethyl adjacent to an activating group) is 1. The van der Waals surface area contributed by atoms with Crippen LogP contribution in [0.15, 0.2) is 18.2 Å². The van der Waals surface area contributed by atoms with Crippen molar-refractivity contribution in [3.05, 3.63) is 29.6 Å². The molecule has 0 aliphatic carbocycles.